The number of aliphatic hydroxyl groups excluding tert-OH is 1. The van der Waals surface area contributed by atoms with Crippen LogP contribution in [0.15, 0.2) is 24.3 Å². The number of hydrogen-bond acceptors (Lipinski definition) is 3. The Morgan fingerprint density at radius 3 is 2.47 bits per heavy atom. The van der Waals surface area contributed by atoms with E-state index in [1.807, 2.05) is 45.0 Å². The van der Waals surface area contributed by atoms with Crippen molar-refractivity contribution in [2.45, 2.75) is 46.1 Å². The van der Waals surface area contributed by atoms with Crippen LogP contribution in [0.1, 0.15) is 51.7 Å². The minimum Gasteiger partial charge on any atom is -0.494 e. The second-order valence-electron chi connectivity index (χ2n) is 5.44. The minimum atomic E-state index is -0.398. The Bertz CT molecular complexity index is 417. The molecule has 3 nitrogen and oxygen atoms in total. The third-order valence-corrected chi connectivity index (χ3v) is 3.17. The van der Waals surface area contributed by atoms with Gasteiger partial charge in [-0.25, -0.2) is 0 Å². The van der Waals surface area contributed by atoms with Crippen LogP contribution in [0.2, 0.25) is 0 Å². The molecule has 0 amide bonds. The molecule has 0 heterocycles. The average Bonchev–Trinajstić information content (AvgIpc) is 2.43. The third-order valence-electron chi connectivity index (χ3n) is 3.17. The maximum Gasteiger partial charge on any atom is 0.119 e. The Morgan fingerprint density at radius 1 is 1.32 bits per heavy atom. The van der Waals surface area contributed by atoms with Crippen molar-refractivity contribution >= 4 is 0 Å². The minimum absolute atomic E-state index is 0.279. The largest absolute Gasteiger partial charge is 0.494 e. The van der Waals surface area contributed by atoms with Crippen LogP contribution in [-0.4, -0.2) is 11.7 Å². The monoisotopic (exact) mass is 261 g/mol. The number of hydrogen-bond donors (Lipinski definition) is 1. The Morgan fingerprint density at radius 2 is 1.95 bits per heavy atom. The van der Waals surface area contributed by atoms with Gasteiger partial charge in [-0.3, -0.25) is 0 Å². The lowest BCUT2D eigenvalue weighted by Gasteiger charge is -2.15. The van der Waals surface area contributed by atoms with Gasteiger partial charge in [0.05, 0.1) is 24.2 Å². The molecule has 1 N–H and O–H groups in total. The number of nitriles is 1. The van der Waals surface area contributed by atoms with E-state index in [9.17, 15) is 5.11 Å². The van der Waals surface area contributed by atoms with Crippen molar-refractivity contribution < 1.29 is 9.84 Å². The number of ether oxygens (including phenoxy) is 1. The number of aliphatic hydroxyl groups is 1. The molecular formula is C16H23NO2. The van der Waals surface area contributed by atoms with Crippen LogP contribution in [0.4, 0.5) is 0 Å². The maximum atomic E-state index is 9.68. The normalized spacial score (nSPS) is 12.8. The first-order chi connectivity index (χ1) is 8.98. The van der Waals surface area contributed by atoms with Crippen LogP contribution >= 0.6 is 0 Å². The van der Waals surface area contributed by atoms with Crippen molar-refractivity contribution in [2.24, 2.45) is 5.41 Å². The molecule has 0 aliphatic rings. The Labute approximate surface area is 115 Å². The standard InChI is InChI=1S/C16H23NO2/c1-4-15(18)13-6-8-14(9-7-13)19-11-5-10-16(2,3)12-17/h6-9,15,18H,4-5,10-11H2,1-3H3/t15-/m0/s1. The first-order valence-electron chi connectivity index (χ1n) is 6.80. The van der Waals surface area contributed by atoms with Gasteiger partial charge in [-0.05, 0) is 50.8 Å². The Hall–Kier alpha value is -1.53. The zero-order chi connectivity index (χ0) is 14.3. The number of rotatable bonds is 7. The summed E-state index contributed by atoms with van der Waals surface area (Å²) in [5.41, 5.74) is 0.638. The Balaban J connectivity index is 2.37. The van der Waals surface area contributed by atoms with Gasteiger partial charge in [-0.1, -0.05) is 19.1 Å². The van der Waals surface area contributed by atoms with Crippen LogP contribution in [0.25, 0.3) is 0 Å². The molecule has 0 unspecified atom stereocenters. The van der Waals surface area contributed by atoms with Gasteiger partial charge >= 0.3 is 0 Å². The highest BCUT2D eigenvalue weighted by atomic mass is 16.5. The summed E-state index contributed by atoms with van der Waals surface area (Å²) in [7, 11) is 0. The number of benzene rings is 1. The third kappa shape index (κ3) is 5.32. The molecule has 0 radical (unpaired) electrons. The molecule has 0 aliphatic heterocycles. The van der Waals surface area contributed by atoms with Gasteiger partial charge in [-0.15, -0.1) is 0 Å². The Kier molecular flexibility index (Phi) is 5.85. The molecular weight excluding hydrogens is 238 g/mol. The highest BCUT2D eigenvalue weighted by Gasteiger charge is 2.15. The van der Waals surface area contributed by atoms with Gasteiger partial charge in [0.15, 0.2) is 0 Å². The highest BCUT2D eigenvalue weighted by Crippen LogP contribution is 2.22. The summed E-state index contributed by atoms with van der Waals surface area (Å²) >= 11 is 0. The maximum absolute atomic E-state index is 9.68. The molecule has 0 aliphatic carbocycles. The molecule has 1 aromatic rings. The van der Waals surface area contributed by atoms with Crippen molar-refractivity contribution in [2.75, 3.05) is 6.61 Å². The molecule has 19 heavy (non-hydrogen) atoms. The van der Waals surface area contributed by atoms with Gasteiger partial charge in [-0.2, -0.15) is 5.26 Å². The zero-order valence-electron chi connectivity index (χ0n) is 12.0. The van der Waals surface area contributed by atoms with E-state index in [1.165, 1.54) is 0 Å². The van der Waals surface area contributed by atoms with Crippen molar-refractivity contribution in [1.29, 1.82) is 5.26 Å². The van der Waals surface area contributed by atoms with Crippen LogP contribution in [0.5, 0.6) is 5.75 Å². The SMILES string of the molecule is CC[C@H](O)c1ccc(OCCCC(C)(C)C#N)cc1. The fraction of sp³-hybridized carbons (Fsp3) is 0.562. The molecule has 0 saturated carbocycles. The lowest BCUT2D eigenvalue weighted by atomic mass is 9.90. The van der Waals surface area contributed by atoms with Crippen LogP contribution < -0.4 is 4.74 Å². The smallest absolute Gasteiger partial charge is 0.119 e. The second kappa shape index (κ2) is 7.16. The number of nitrogens with zero attached hydrogens (tertiary/aromatic N) is 1. The first kappa shape index (κ1) is 15.5. The molecule has 0 aromatic heterocycles. The van der Waals surface area contributed by atoms with Gasteiger partial charge in [0.1, 0.15) is 5.75 Å². The van der Waals surface area contributed by atoms with E-state index in [0.29, 0.717) is 13.0 Å². The molecule has 104 valence electrons. The van der Waals surface area contributed by atoms with E-state index in [2.05, 4.69) is 6.07 Å². The van der Waals surface area contributed by atoms with E-state index in [1.54, 1.807) is 0 Å². The predicted molar refractivity (Wildman–Crippen MR) is 75.8 cm³/mol. The molecule has 1 rings (SSSR count). The van der Waals surface area contributed by atoms with Crippen LogP contribution in [-0.2, 0) is 0 Å². The summed E-state index contributed by atoms with van der Waals surface area (Å²) in [4.78, 5) is 0. The second-order valence-corrected chi connectivity index (χ2v) is 5.44. The zero-order valence-corrected chi connectivity index (χ0v) is 12.0. The summed E-state index contributed by atoms with van der Waals surface area (Å²) in [6.45, 7) is 6.44. The van der Waals surface area contributed by atoms with Crippen molar-refractivity contribution in [1.82, 2.24) is 0 Å². The summed E-state index contributed by atoms with van der Waals surface area (Å²) in [6, 6.07) is 9.82. The van der Waals surface area contributed by atoms with E-state index >= 15 is 0 Å². The summed E-state index contributed by atoms with van der Waals surface area (Å²) < 4.78 is 5.62. The summed E-state index contributed by atoms with van der Waals surface area (Å²) in [6.07, 6.45) is 2.00. The van der Waals surface area contributed by atoms with Gasteiger partial charge in [0.25, 0.3) is 0 Å². The van der Waals surface area contributed by atoms with E-state index in [0.717, 1.165) is 24.2 Å². The van der Waals surface area contributed by atoms with Crippen molar-refractivity contribution in [3.8, 4) is 11.8 Å². The molecule has 0 saturated heterocycles. The van der Waals surface area contributed by atoms with Crippen LogP contribution in [0.3, 0.4) is 0 Å². The molecule has 1 atom stereocenters. The fourth-order valence-corrected chi connectivity index (χ4v) is 1.78. The average molecular weight is 261 g/mol. The van der Waals surface area contributed by atoms with Gasteiger partial charge < -0.3 is 9.84 Å². The summed E-state index contributed by atoms with van der Waals surface area (Å²) in [5.74, 6) is 0.807. The lowest BCUT2D eigenvalue weighted by molar-refractivity contribution is 0.173. The van der Waals surface area contributed by atoms with Crippen molar-refractivity contribution in [3.63, 3.8) is 0 Å². The molecule has 0 spiro atoms. The molecule has 0 fully saturated rings. The molecule has 3 heteroatoms. The summed E-state index contributed by atoms with van der Waals surface area (Å²) in [5, 5.41) is 18.6. The first-order valence-corrected chi connectivity index (χ1v) is 6.80. The lowest BCUT2D eigenvalue weighted by Crippen LogP contribution is -2.10. The van der Waals surface area contributed by atoms with E-state index < -0.39 is 6.10 Å². The quantitative estimate of drug-likeness (QED) is 0.759. The predicted octanol–water partition coefficient (Wildman–Crippen LogP) is 3.84. The fourth-order valence-electron chi connectivity index (χ4n) is 1.78. The van der Waals surface area contributed by atoms with Gasteiger partial charge in [0.2, 0.25) is 0 Å². The van der Waals surface area contributed by atoms with Crippen LogP contribution in [0, 0.1) is 16.7 Å². The molecule has 0 bridgehead atoms. The van der Waals surface area contributed by atoms with Gasteiger partial charge in [0, 0.05) is 0 Å². The highest BCUT2D eigenvalue weighted by molar-refractivity contribution is 5.28. The topological polar surface area (TPSA) is 53.2 Å². The van der Waals surface area contributed by atoms with Crippen molar-refractivity contribution in [3.05, 3.63) is 29.8 Å². The van der Waals surface area contributed by atoms with E-state index in [-0.39, 0.29) is 5.41 Å². The van der Waals surface area contributed by atoms with E-state index in [4.69, 9.17) is 10.00 Å². The molecule has 1 aromatic carbocycles.